The van der Waals surface area contributed by atoms with Crippen molar-refractivity contribution in [3.05, 3.63) is 57.7 Å². The maximum absolute atomic E-state index is 12.2. The largest absolute Gasteiger partial charge is 0.384 e. The first-order chi connectivity index (χ1) is 10.1. The van der Waals surface area contributed by atoms with Crippen LogP contribution in [0.1, 0.15) is 15.9 Å². The summed E-state index contributed by atoms with van der Waals surface area (Å²) in [6.07, 6.45) is 1.51. The normalized spacial score (nSPS) is 9.67. The zero-order valence-electron chi connectivity index (χ0n) is 10.7. The van der Waals surface area contributed by atoms with Gasteiger partial charge < -0.3 is 10.4 Å². The predicted octanol–water partition coefficient (Wildman–Crippen LogP) is 2.98. The van der Waals surface area contributed by atoms with Crippen molar-refractivity contribution in [2.24, 2.45) is 0 Å². The number of carbonyl (C=O) groups is 1. The second-order valence-corrected chi connectivity index (χ2v) is 4.75. The molecule has 0 aliphatic rings. The van der Waals surface area contributed by atoms with E-state index in [9.17, 15) is 4.79 Å². The summed E-state index contributed by atoms with van der Waals surface area (Å²) < 4.78 is 0. The van der Waals surface area contributed by atoms with Gasteiger partial charge in [-0.2, -0.15) is 0 Å². The molecule has 4 nitrogen and oxygen atoms in total. The third-order valence-corrected chi connectivity index (χ3v) is 3.13. The van der Waals surface area contributed by atoms with Gasteiger partial charge in [0.2, 0.25) is 0 Å². The van der Waals surface area contributed by atoms with Crippen LogP contribution in [0.3, 0.4) is 0 Å². The molecule has 1 aromatic heterocycles. The maximum atomic E-state index is 12.2. The fraction of sp³-hybridized carbons (Fsp3) is 0.0667. The Kier molecular flexibility index (Phi) is 5.18. The van der Waals surface area contributed by atoms with E-state index in [0.29, 0.717) is 11.4 Å². The number of anilines is 1. The fourth-order valence-electron chi connectivity index (χ4n) is 1.61. The lowest BCUT2D eigenvalue weighted by molar-refractivity contribution is 0.102. The smallest absolute Gasteiger partial charge is 0.259 e. The maximum Gasteiger partial charge on any atom is 0.259 e. The number of carbonyl (C=O) groups excluding carboxylic acids is 1. The number of aliphatic hydroxyl groups excluding tert-OH is 1. The average molecular weight is 321 g/mol. The third kappa shape index (κ3) is 3.96. The van der Waals surface area contributed by atoms with E-state index in [1.165, 1.54) is 6.20 Å². The van der Waals surface area contributed by atoms with Crippen LogP contribution in [0, 0.1) is 11.8 Å². The molecule has 0 fully saturated rings. The average Bonchev–Trinajstić information content (AvgIpc) is 2.45. The van der Waals surface area contributed by atoms with E-state index >= 15 is 0 Å². The molecule has 1 amide bonds. The summed E-state index contributed by atoms with van der Waals surface area (Å²) >= 11 is 11.9. The van der Waals surface area contributed by atoms with Gasteiger partial charge in [-0.25, -0.2) is 4.98 Å². The fourth-order valence-corrected chi connectivity index (χ4v) is 2.18. The first-order valence-electron chi connectivity index (χ1n) is 5.93. The summed E-state index contributed by atoms with van der Waals surface area (Å²) in [5, 5.41) is 11.8. The van der Waals surface area contributed by atoms with Gasteiger partial charge in [0, 0.05) is 11.8 Å². The molecule has 0 radical (unpaired) electrons. The molecule has 0 unspecified atom stereocenters. The monoisotopic (exact) mass is 320 g/mol. The SMILES string of the molecule is O=C(Nc1cc(C#CCO)ccn1)c1c(Cl)cccc1Cl. The Morgan fingerprint density at radius 3 is 2.67 bits per heavy atom. The van der Waals surface area contributed by atoms with Gasteiger partial charge in [0.1, 0.15) is 12.4 Å². The van der Waals surface area contributed by atoms with Crippen molar-refractivity contribution in [1.29, 1.82) is 0 Å². The molecule has 1 heterocycles. The van der Waals surface area contributed by atoms with Crippen LogP contribution in [0.15, 0.2) is 36.5 Å². The van der Waals surface area contributed by atoms with Crippen molar-refractivity contribution < 1.29 is 9.90 Å². The minimum absolute atomic E-state index is 0.189. The van der Waals surface area contributed by atoms with E-state index in [4.69, 9.17) is 28.3 Å². The van der Waals surface area contributed by atoms with Gasteiger partial charge in [0.25, 0.3) is 5.91 Å². The Bertz CT molecular complexity index is 716. The number of hydrogen-bond donors (Lipinski definition) is 2. The first kappa shape index (κ1) is 15.3. The van der Waals surface area contributed by atoms with Gasteiger partial charge in [-0.05, 0) is 24.3 Å². The van der Waals surface area contributed by atoms with Crippen LogP contribution in [0.2, 0.25) is 10.0 Å². The van der Waals surface area contributed by atoms with E-state index in [2.05, 4.69) is 22.1 Å². The van der Waals surface area contributed by atoms with E-state index in [1.807, 2.05) is 0 Å². The molecule has 0 saturated heterocycles. The lowest BCUT2D eigenvalue weighted by Gasteiger charge is -2.07. The highest BCUT2D eigenvalue weighted by Crippen LogP contribution is 2.25. The number of benzene rings is 1. The van der Waals surface area contributed by atoms with Crippen LogP contribution in [0.4, 0.5) is 5.82 Å². The van der Waals surface area contributed by atoms with E-state index < -0.39 is 5.91 Å². The molecule has 106 valence electrons. The molecule has 6 heteroatoms. The van der Waals surface area contributed by atoms with E-state index in [0.717, 1.165) is 0 Å². The summed E-state index contributed by atoms with van der Waals surface area (Å²) in [7, 11) is 0. The van der Waals surface area contributed by atoms with Crippen molar-refractivity contribution in [3.8, 4) is 11.8 Å². The number of hydrogen-bond acceptors (Lipinski definition) is 3. The summed E-state index contributed by atoms with van der Waals surface area (Å²) in [4.78, 5) is 16.2. The Labute approximate surface area is 131 Å². The van der Waals surface area contributed by atoms with Gasteiger partial charge in [-0.1, -0.05) is 41.1 Å². The number of halogens is 2. The van der Waals surface area contributed by atoms with Crippen LogP contribution < -0.4 is 5.32 Å². The van der Waals surface area contributed by atoms with Crippen LogP contribution >= 0.6 is 23.2 Å². The molecule has 0 aliphatic heterocycles. The standard InChI is InChI=1S/C15H10Cl2N2O2/c16-11-4-1-5-12(17)14(11)15(21)19-13-9-10(3-2-8-20)6-7-18-13/h1,4-7,9,20H,8H2,(H,18,19,21). The Hall–Kier alpha value is -2.06. The molecule has 2 N–H and O–H groups in total. The molecule has 2 rings (SSSR count). The molecule has 0 spiro atoms. The number of nitrogens with zero attached hydrogens (tertiary/aromatic N) is 1. The van der Waals surface area contributed by atoms with Crippen molar-refractivity contribution in [2.75, 3.05) is 11.9 Å². The second-order valence-electron chi connectivity index (χ2n) is 3.94. The summed E-state index contributed by atoms with van der Waals surface area (Å²) in [5.74, 6) is 5.11. The molecule has 0 bridgehead atoms. The topological polar surface area (TPSA) is 62.2 Å². The molecular formula is C15H10Cl2N2O2. The molecule has 0 atom stereocenters. The van der Waals surface area contributed by atoms with Crippen LogP contribution in [-0.4, -0.2) is 22.6 Å². The van der Waals surface area contributed by atoms with Crippen LogP contribution in [-0.2, 0) is 0 Å². The zero-order valence-corrected chi connectivity index (χ0v) is 12.2. The van der Waals surface area contributed by atoms with Gasteiger partial charge in [-0.3, -0.25) is 4.79 Å². The summed E-state index contributed by atoms with van der Waals surface area (Å²) in [6, 6.07) is 8.08. The Balaban J connectivity index is 2.24. The van der Waals surface area contributed by atoms with E-state index in [-0.39, 0.29) is 22.2 Å². The van der Waals surface area contributed by atoms with Gasteiger partial charge in [0.05, 0.1) is 15.6 Å². The highest BCUT2D eigenvalue weighted by Gasteiger charge is 2.15. The minimum Gasteiger partial charge on any atom is -0.384 e. The summed E-state index contributed by atoms with van der Waals surface area (Å²) in [5.41, 5.74) is 0.814. The molecule has 2 aromatic rings. The van der Waals surface area contributed by atoms with Crippen molar-refractivity contribution in [1.82, 2.24) is 4.98 Å². The zero-order chi connectivity index (χ0) is 15.2. The van der Waals surface area contributed by atoms with Gasteiger partial charge in [-0.15, -0.1) is 0 Å². The number of amides is 1. The second kappa shape index (κ2) is 7.09. The van der Waals surface area contributed by atoms with Gasteiger partial charge >= 0.3 is 0 Å². The number of aromatic nitrogens is 1. The number of nitrogens with one attached hydrogen (secondary N) is 1. The number of rotatable bonds is 2. The number of pyridine rings is 1. The highest BCUT2D eigenvalue weighted by atomic mass is 35.5. The molecular weight excluding hydrogens is 311 g/mol. The highest BCUT2D eigenvalue weighted by molar-refractivity contribution is 6.40. The van der Waals surface area contributed by atoms with Crippen molar-refractivity contribution in [3.63, 3.8) is 0 Å². The predicted molar refractivity (Wildman–Crippen MR) is 82.6 cm³/mol. The van der Waals surface area contributed by atoms with Crippen LogP contribution in [0.5, 0.6) is 0 Å². The molecule has 1 aromatic carbocycles. The Morgan fingerprint density at radius 1 is 1.29 bits per heavy atom. The first-order valence-corrected chi connectivity index (χ1v) is 6.68. The Morgan fingerprint density at radius 2 is 2.00 bits per heavy atom. The van der Waals surface area contributed by atoms with Gasteiger partial charge in [0.15, 0.2) is 0 Å². The van der Waals surface area contributed by atoms with Crippen molar-refractivity contribution >= 4 is 34.9 Å². The summed E-state index contributed by atoms with van der Waals surface area (Å²) in [6.45, 7) is -0.237. The molecule has 0 aliphatic carbocycles. The lowest BCUT2D eigenvalue weighted by Crippen LogP contribution is -2.14. The number of aliphatic hydroxyl groups is 1. The molecule has 21 heavy (non-hydrogen) atoms. The lowest BCUT2D eigenvalue weighted by atomic mass is 10.2. The van der Waals surface area contributed by atoms with Crippen LogP contribution in [0.25, 0.3) is 0 Å². The van der Waals surface area contributed by atoms with Crippen molar-refractivity contribution in [2.45, 2.75) is 0 Å². The third-order valence-electron chi connectivity index (χ3n) is 2.50. The minimum atomic E-state index is -0.453. The molecule has 0 saturated carbocycles. The van der Waals surface area contributed by atoms with E-state index in [1.54, 1.807) is 30.3 Å². The quantitative estimate of drug-likeness (QED) is 0.836.